The Balaban J connectivity index is 1.15. The van der Waals surface area contributed by atoms with E-state index in [1.807, 2.05) is 0 Å². The first kappa shape index (κ1) is 29.8. The summed E-state index contributed by atoms with van der Waals surface area (Å²) in [7, 11) is 0. The minimum Gasteiger partial charge on any atom is -0.310 e. The van der Waals surface area contributed by atoms with Crippen LogP contribution in [0.3, 0.4) is 0 Å². The van der Waals surface area contributed by atoms with Gasteiger partial charge in [0.25, 0.3) is 0 Å². The standard InChI is InChI=1S/C45H38N2/c1-33-29-34(2)31-44(30-33)47(45-16-10-7-11-35(45)3)42-26-21-37(22-27-42)18-17-36-19-24-41(25-20-36)46(40-14-5-4-6-15-40)43-28-23-38-12-8-9-13-39(38)32-43/h4-32H,1-3H3. The molecule has 0 spiro atoms. The number of hydrogen-bond donors (Lipinski definition) is 0. The van der Waals surface area contributed by atoms with E-state index in [1.54, 1.807) is 0 Å². The molecule has 7 aromatic carbocycles. The Morgan fingerprint density at radius 3 is 1.51 bits per heavy atom. The van der Waals surface area contributed by atoms with Crippen molar-refractivity contribution in [1.82, 2.24) is 0 Å². The molecule has 0 aliphatic heterocycles. The second kappa shape index (κ2) is 13.2. The van der Waals surface area contributed by atoms with Crippen molar-refractivity contribution < 1.29 is 0 Å². The van der Waals surface area contributed by atoms with E-state index < -0.39 is 0 Å². The van der Waals surface area contributed by atoms with E-state index in [9.17, 15) is 0 Å². The Hall–Kier alpha value is -5.86. The molecule has 2 heteroatoms. The van der Waals surface area contributed by atoms with Crippen LogP contribution >= 0.6 is 0 Å². The van der Waals surface area contributed by atoms with Crippen LogP contribution in [0.15, 0.2) is 164 Å². The zero-order valence-corrected chi connectivity index (χ0v) is 27.1. The lowest BCUT2D eigenvalue weighted by Crippen LogP contribution is -2.11. The topological polar surface area (TPSA) is 6.48 Å². The Labute approximate surface area is 278 Å². The van der Waals surface area contributed by atoms with E-state index in [4.69, 9.17) is 0 Å². The molecule has 228 valence electrons. The Morgan fingerprint density at radius 2 is 0.872 bits per heavy atom. The Bertz CT molecular complexity index is 2140. The van der Waals surface area contributed by atoms with E-state index >= 15 is 0 Å². The number of benzene rings is 7. The van der Waals surface area contributed by atoms with Gasteiger partial charge in [0.2, 0.25) is 0 Å². The van der Waals surface area contributed by atoms with Crippen LogP contribution < -0.4 is 9.80 Å². The summed E-state index contributed by atoms with van der Waals surface area (Å²) < 4.78 is 0. The fraction of sp³-hybridized carbons (Fsp3) is 0.0667. The molecule has 47 heavy (non-hydrogen) atoms. The van der Waals surface area contributed by atoms with Crippen LogP contribution in [0.5, 0.6) is 0 Å². The highest BCUT2D eigenvalue weighted by molar-refractivity contribution is 5.89. The zero-order valence-electron chi connectivity index (χ0n) is 27.1. The monoisotopic (exact) mass is 606 g/mol. The maximum Gasteiger partial charge on any atom is 0.0490 e. The van der Waals surface area contributed by atoms with Gasteiger partial charge in [0, 0.05) is 34.1 Å². The van der Waals surface area contributed by atoms with Gasteiger partial charge in [-0.05, 0) is 126 Å². The first-order valence-electron chi connectivity index (χ1n) is 16.2. The molecular formula is C45H38N2. The highest BCUT2D eigenvalue weighted by Crippen LogP contribution is 2.38. The minimum atomic E-state index is 1.12. The van der Waals surface area contributed by atoms with E-state index in [2.05, 4.69) is 207 Å². The average molecular weight is 607 g/mol. The van der Waals surface area contributed by atoms with Crippen LogP contribution in [0.4, 0.5) is 34.1 Å². The van der Waals surface area contributed by atoms with Gasteiger partial charge >= 0.3 is 0 Å². The molecule has 7 rings (SSSR count). The molecule has 0 atom stereocenters. The molecule has 0 saturated heterocycles. The summed E-state index contributed by atoms with van der Waals surface area (Å²) in [6.07, 6.45) is 4.37. The van der Waals surface area contributed by atoms with Gasteiger partial charge in [-0.1, -0.05) is 109 Å². The SMILES string of the molecule is Cc1cc(C)cc(N(c2ccc(C=Cc3ccc(N(c4ccccc4)c4ccc5ccccc5c4)cc3)cc2)c2ccccc2C)c1. The molecule has 0 bridgehead atoms. The van der Waals surface area contributed by atoms with E-state index in [0.29, 0.717) is 0 Å². The predicted octanol–water partition coefficient (Wildman–Crippen LogP) is 12.9. The van der Waals surface area contributed by atoms with Gasteiger partial charge in [-0.15, -0.1) is 0 Å². The van der Waals surface area contributed by atoms with Gasteiger partial charge < -0.3 is 9.80 Å². The molecule has 0 radical (unpaired) electrons. The van der Waals surface area contributed by atoms with Gasteiger partial charge in [-0.2, -0.15) is 0 Å². The number of fused-ring (bicyclic) bond motifs is 1. The number of anilines is 6. The lowest BCUT2D eigenvalue weighted by Gasteiger charge is -2.27. The normalized spacial score (nSPS) is 11.2. The van der Waals surface area contributed by atoms with Crippen LogP contribution in [0, 0.1) is 20.8 Å². The van der Waals surface area contributed by atoms with E-state index in [1.165, 1.54) is 38.8 Å². The first-order chi connectivity index (χ1) is 23.0. The van der Waals surface area contributed by atoms with Crippen molar-refractivity contribution in [2.75, 3.05) is 9.80 Å². The van der Waals surface area contributed by atoms with Gasteiger partial charge in [0.15, 0.2) is 0 Å². The van der Waals surface area contributed by atoms with Crippen molar-refractivity contribution in [1.29, 1.82) is 0 Å². The molecule has 0 aliphatic rings. The van der Waals surface area contributed by atoms with Crippen LogP contribution in [0.2, 0.25) is 0 Å². The van der Waals surface area contributed by atoms with Gasteiger partial charge in [0.1, 0.15) is 0 Å². The third kappa shape index (κ3) is 6.59. The lowest BCUT2D eigenvalue weighted by atomic mass is 10.1. The summed E-state index contributed by atoms with van der Waals surface area (Å²) in [5.41, 5.74) is 13.0. The summed E-state index contributed by atoms with van der Waals surface area (Å²) >= 11 is 0. The van der Waals surface area contributed by atoms with Crippen LogP contribution in [0.1, 0.15) is 27.8 Å². The maximum absolute atomic E-state index is 2.36. The quantitative estimate of drug-likeness (QED) is 0.159. The van der Waals surface area contributed by atoms with Crippen molar-refractivity contribution in [2.24, 2.45) is 0 Å². The fourth-order valence-corrected chi connectivity index (χ4v) is 6.32. The fourth-order valence-electron chi connectivity index (χ4n) is 6.32. The predicted molar refractivity (Wildman–Crippen MR) is 203 cm³/mol. The van der Waals surface area contributed by atoms with Gasteiger partial charge in [-0.3, -0.25) is 0 Å². The smallest absolute Gasteiger partial charge is 0.0490 e. The number of rotatable bonds is 8. The molecule has 0 amide bonds. The molecular weight excluding hydrogens is 569 g/mol. The van der Waals surface area contributed by atoms with Crippen LogP contribution in [0.25, 0.3) is 22.9 Å². The van der Waals surface area contributed by atoms with Crippen molar-refractivity contribution in [3.8, 4) is 0 Å². The summed E-state index contributed by atoms with van der Waals surface area (Å²) in [5, 5.41) is 2.47. The second-order valence-corrected chi connectivity index (χ2v) is 12.2. The maximum atomic E-state index is 2.36. The summed E-state index contributed by atoms with van der Waals surface area (Å²) in [6.45, 7) is 6.50. The number of para-hydroxylation sites is 2. The van der Waals surface area contributed by atoms with Crippen molar-refractivity contribution in [3.63, 3.8) is 0 Å². The molecule has 0 fully saturated rings. The highest BCUT2D eigenvalue weighted by atomic mass is 15.1. The third-order valence-electron chi connectivity index (χ3n) is 8.60. The number of hydrogen-bond acceptors (Lipinski definition) is 2. The van der Waals surface area contributed by atoms with Crippen molar-refractivity contribution >= 4 is 57.0 Å². The summed E-state index contributed by atoms with van der Waals surface area (Å²) in [5.74, 6) is 0. The van der Waals surface area contributed by atoms with E-state index in [-0.39, 0.29) is 0 Å². The molecule has 0 saturated carbocycles. The highest BCUT2D eigenvalue weighted by Gasteiger charge is 2.15. The van der Waals surface area contributed by atoms with Gasteiger partial charge in [0.05, 0.1) is 0 Å². The Kier molecular flexibility index (Phi) is 8.41. The zero-order chi connectivity index (χ0) is 32.2. The molecule has 0 aliphatic carbocycles. The van der Waals surface area contributed by atoms with Gasteiger partial charge in [-0.25, -0.2) is 0 Å². The van der Waals surface area contributed by atoms with E-state index in [0.717, 1.165) is 33.9 Å². The summed E-state index contributed by atoms with van der Waals surface area (Å²) in [4.78, 5) is 4.67. The van der Waals surface area contributed by atoms with Crippen molar-refractivity contribution in [2.45, 2.75) is 20.8 Å². The summed E-state index contributed by atoms with van der Waals surface area (Å²) in [6, 6.07) is 58.7. The second-order valence-electron chi connectivity index (χ2n) is 12.2. The average Bonchev–Trinajstić information content (AvgIpc) is 3.10. The van der Waals surface area contributed by atoms with Crippen LogP contribution in [-0.4, -0.2) is 0 Å². The molecule has 0 N–H and O–H groups in total. The lowest BCUT2D eigenvalue weighted by molar-refractivity contribution is 1.23. The molecule has 0 heterocycles. The molecule has 0 aromatic heterocycles. The third-order valence-corrected chi connectivity index (χ3v) is 8.60. The largest absolute Gasteiger partial charge is 0.310 e. The Morgan fingerprint density at radius 1 is 0.362 bits per heavy atom. The number of aryl methyl sites for hydroxylation is 3. The molecule has 7 aromatic rings. The first-order valence-corrected chi connectivity index (χ1v) is 16.2. The van der Waals surface area contributed by atoms with Crippen LogP contribution in [-0.2, 0) is 0 Å². The minimum absolute atomic E-state index is 1.12. The number of nitrogens with zero attached hydrogens (tertiary/aromatic N) is 2. The molecule has 0 unspecified atom stereocenters. The van der Waals surface area contributed by atoms with Crippen molar-refractivity contribution in [3.05, 3.63) is 192 Å². The molecule has 2 nitrogen and oxygen atoms in total.